The van der Waals surface area contributed by atoms with Crippen LogP contribution in [0.1, 0.15) is 49.0 Å². The summed E-state index contributed by atoms with van der Waals surface area (Å²) >= 11 is 0. The number of hydrogen-bond acceptors (Lipinski definition) is 4. The first kappa shape index (κ1) is 14.1. The number of hydrogen-bond donors (Lipinski definition) is 2. The molecule has 2 unspecified atom stereocenters. The molecule has 0 aliphatic heterocycles. The molecule has 19 heavy (non-hydrogen) atoms. The highest BCUT2D eigenvalue weighted by Crippen LogP contribution is 2.27. The van der Waals surface area contributed by atoms with Gasteiger partial charge in [-0.2, -0.15) is 0 Å². The van der Waals surface area contributed by atoms with E-state index in [2.05, 4.69) is 24.2 Å². The maximum absolute atomic E-state index is 10.8. The molecule has 1 aliphatic rings. The molecule has 2 rings (SSSR count). The highest BCUT2D eigenvalue weighted by Gasteiger charge is 2.29. The molecule has 1 saturated carbocycles. The summed E-state index contributed by atoms with van der Waals surface area (Å²) in [4.78, 5) is 13.1. The van der Waals surface area contributed by atoms with Crippen LogP contribution in [0.4, 0.5) is 0 Å². The predicted molar refractivity (Wildman–Crippen MR) is 72.3 cm³/mol. The lowest BCUT2D eigenvalue weighted by atomic mass is 10.2. The molecule has 1 fully saturated rings. The summed E-state index contributed by atoms with van der Waals surface area (Å²) in [6.07, 6.45) is 2.60. The molecule has 5 heteroatoms. The minimum Gasteiger partial charge on any atom is -0.475 e. The number of carboxylic acids is 1. The van der Waals surface area contributed by atoms with Crippen molar-refractivity contribution in [3.05, 3.63) is 23.7 Å². The standard InChI is InChI=1S/C14H22N2O3/c1-9(16(3)11-4-5-11)8-15-10(2)12-6-7-13(19-12)14(17)18/h6-7,9-11,15H,4-5,8H2,1-3H3,(H,17,18). The Labute approximate surface area is 113 Å². The van der Waals surface area contributed by atoms with E-state index < -0.39 is 5.97 Å². The van der Waals surface area contributed by atoms with Crippen molar-refractivity contribution in [3.8, 4) is 0 Å². The van der Waals surface area contributed by atoms with E-state index >= 15 is 0 Å². The normalized spacial score (nSPS) is 18.5. The van der Waals surface area contributed by atoms with Gasteiger partial charge in [0.15, 0.2) is 0 Å². The van der Waals surface area contributed by atoms with Gasteiger partial charge >= 0.3 is 5.97 Å². The van der Waals surface area contributed by atoms with Gasteiger partial charge in [-0.05, 0) is 45.9 Å². The van der Waals surface area contributed by atoms with Crippen LogP contribution in [0.25, 0.3) is 0 Å². The number of nitrogens with zero attached hydrogens (tertiary/aromatic N) is 1. The van der Waals surface area contributed by atoms with E-state index in [1.807, 2.05) is 6.92 Å². The molecule has 1 aromatic rings. The first-order chi connectivity index (χ1) is 8.99. The lowest BCUT2D eigenvalue weighted by Gasteiger charge is -2.26. The van der Waals surface area contributed by atoms with Gasteiger partial charge in [0.05, 0.1) is 6.04 Å². The van der Waals surface area contributed by atoms with Gasteiger partial charge < -0.3 is 14.8 Å². The summed E-state index contributed by atoms with van der Waals surface area (Å²) in [5, 5.41) is 12.2. The molecule has 0 radical (unpaired) electrons. The second-order valence-electron chi connectivity index (χ2n) is 5.38. The zero-order valence-corrected chi connectivity index (χ0v) is 11.7. The van der Waals surface area contributed by atoms with Gasteiger partial charge in [-0.25, -0.2) is 4.79 Å². The first-order valence-corrected chi connectivity index (χ1v) is 6.77. The monoisotopic (exact) mass is 266 g/mol. The average Bonchev–Trinajstić information content (AvgIpc) is 3.10. The number of aromatic carboxylic acids is 1. The molecule has 0 bridgehead atoms. The van der Waals surface area contributed by atoms with Crippen LogP contribution >= 0.6 is 0 Å². The molecule has 1 aromatic heterocycles. The van der Waals surface area contributed by atoms with Crippen LogP contribution in [-0.4, -0.2) is 41.7 Å². The number of likely N-dealkylation sites (N-methyl/N-ethyl adjacent to an activating group) is 1. The Morgan fingerprint density at radius 2 is 2.21 bits per heavy atom. The van der Waals surface area contributed by atoms with E-state index in [-0.39, 0.29) is 11.8 Å². The number of carboxylic acid groups (broad SMARTS) is 1. The van der Waals surface area contributed by atoms with Gasteiger partial charge in [-0.15, -0.1) is 0 Å². The van der Waals surface area contributed by atoms with Gasteiger partial charge in [0.2, 0.25) is 5.76 Å². The Bertz CT molecular complexity index is 440. The highest BCUT2D eigenvalue weighted by atomic mass is 16.4. The summed E-state index contributed by atoms with van der Waals surface area (Å²) in [6, 6.07) is 4.44. The Balaban J connectivity index is 1.82. The molecule has 5 nitrogen and oxygen atoms in total. The van der Waals surface area contributed by atoms with Crippen LogP contribution in [0.5, 0.6) is 0 Å². The van der Waals surface area contributed by atoms with Crippen LogP contribution in [0.3, 0.4) is 0 Å². The molecule has 2 atom stereocenters. The molecule has 0 amide bonds. The summed E-state index contributed by atoms with van der Waals surface area (Å²) in [7, 11) is 2.16. The van der Waals surface area contributed by atoms with Crippen LogP contribution in [0.15, 0.2) is 16.5 Å². The van der Waals surface area contributed by atoms with Gasteiger partial charge in [0.25, 0.3) is 0 Å². The molecule has 0 aromatic carbocycles. The fourth-order valence-corrected chi connectivity index (χ4v) is 2.13. The van der Waals surface area contributed by atoms with Crippen molar-refractivity contribution >= 4 is 5.97 Å². The molecule has 106 valence electrons. The van der Waals surface area contributed by atoms with Crippen molar-refractivity contribution in [2.45, 2.75) is 44.8 Å². The van der Waals surface area contributed by atoms with Gasteiger partial charge in [0.1, 0.15) is 5.76 Å². The number of nitrogens with one attached hydrogen (secondary N) is 1. The van der Waals surface area contributed by atoms with E-state index in [1.165, 1.54) is 18.9 Å². The quantitative estimate of drug-likeness (QED) is 0.791. The Morgan fingerprint density at radius 1 is 1.53 bits per heavy atom. The Hall–Kier alpha value is -1.33. The van der Waals surface area contributed by atoms with Crippen LogP contribution in [-0.2, 0) is 0 Å². The van der Waals surface area contributed by atoms with E-state index in [9.17, 15) is 4.79 Å². The molecule has 1 heterocycles. The second kappa shape index (κ2) is 5.75. The van der Waals surface area contributed by atoms with E-state index in [0.29, 0.717) is 11.8 Å². The molecule has 0 spiro atoms. The zero-order chi connectivity index (χ0) is 14.0. The number of carbonyl (C=O) groups is 1. The van der Waals surface area contributed by atoms with Crippen molar-refractivity contribution < 1.29 is 14.3 Å². The smallest absolute Gasteiger partial charge is 0.371 e. The van der Waals surface area contributed by atoms with Gasteiger partial charge in [-0.1, -0.05) is 0 Å². The fourth-order valence-electron chi connectivity index (χ4n) is 2.13. The maximum atomic E-state index is 10.8. The maximum Gasteiger partial charge on any atom is 0.371 e. The summed E-state index contributed by atoms with van der Waals surface area (Å²) in [6.45, 7) is 5.04. The molecule has 1 aliphatic carbocycles. The molecular formula is C14H22N2O3. The van der Waals surface area contributed by atoms with Crippen molar-refractivity contribution in [1.29, 1.82) is 0 Å². The number of furan rings is 1. The summed E-state index contributed by atoms with van der Waals surface area (Å²) < 4.78 is 5.28. The number of rotatable bonds is 7. The fraction of sp³-hybridized carbons (Fsp3) is 0.643. The lowest BCUT2D eigenvalue weighted by Crippen LogP contribution is -2.39. The predicted octanol–water partition coefficient (Wildman–Crippen LogP) is 2.11. The molecule has 2 N–H and O–H groups in total. The second-order valence-corrected chi connectivity index (χ2v) is 5.38. The Morgan fingerprint density at radius 3 is 2.74 bits per heavy atom. The zero-order valence-electron chi connectivity index (χ0n) is 11.7. The van der Waals surface area contributed by atoms with Crippen molar-refractivity contribution in [1.82, 2.24) is 10.2 Å². The highest BCUT2D eigenvalue weighted by molar-refractivity contribution is 5.84. The van der Waals surface area contributed by atoms with E-state index in [1.54, 1.807) is 6.07 Å². The Kier molecular flexibility index (Phi) is 4.27. The third-order valence-electron chi connectivity index (χ3n) is 3.80. The van der Waals surface area contributed by atoms with Crippen LogP contribution < -0.4 is 5.32 Å². The van der Waals surface area contributed by atoms with E-state index in [4.69, 9.17) is 9.52 Å². The van der Waals surface area contributed by atoms with Crippen molar-refractivity contribution in [2.24, 2.45) is 0 Å². The van der Waals surface area contributed by atoms with Crippen molar-refractivity contribution in [3.63, 3.8) is 0 Å². The first-order valence-electron chi connectivity index (χ1n) is 6.77. The molecular weight excluding hydrogens is 244 g/mol. The molecule has 0 saturated heterocycles. The third kappa shape index (κ3) is 3.58. The summed E-state index contributed by atoms with van der Waals surface area (Å²) in [5.74, 6) is -0.370. The summed E-state index contributed by atoms with van der Waals surface area (Å²) in [5.41, 5.74) is 0. The average molecular weight is 266 g/mol. The third-order valence-corrected chi connectivity index (χ3v) is 3.80. The minimum absolute atomic E-state index is 0.00760. The van der Waals surface area contributed by atoms with Crippen molar-refractivity contribution in [2.75, 3.05) is 13.6 Å². The SMILES string of the molecule is CC(NCC(C)N(C)C1CC1)c1ccc(C(=O)O)o1. The lowest BCUT2D eigenvalue weighted by molar-refractivity contribution is 0.0659. The largest absolute Gasteiger partial charge is 0.475 e. The van der Waals surface area contributed by atoms with Gasteiger partial charge in [0, 0.05) is 18.6 Å². The van der Waals surface area contributed by atoms with Crippen LogP contribution in [0, 0.1) is 0 Å². The van der Waals surface area contributed by atoms with Crippen LogP contribution in [0.2, 0.25) is 0 Å². The topological polar surface area (TPSA) is 65.7 Å². The van der Waals surface area contributed by atoms with Gasteiger partial charge in [-0.3, -0.25) is 4.90 Å². The minimum atomic E-state index is -1.03. The van der Waals surface area contributed by atoms with E-state index in [0.717, 1.165) is 12.6 Å².